The molecule has 0 saturated carbocycles. The van der Waals surface area contributed by atoms with Crippen molar-refractivity contribution in [3.63, 3.8) is 0 Å². The number of nitrogens with zero attached hydrogens (tertiary/aromatic N) is 1. The number of terminal acetylenes is 1. The fourth-order valence-electron chi connectivity index (χ4n) is 2.14. The van der Waals surface area contributed by atoms with Gasteiger partial charge in [0.15, 0.2) is 0 Å². The minimum absolute atomic E-state index is 0.135. The second-order valence-electron chi connectivity index (χ2n) is 4.63. The maximum Gasteiger partial charge on any atom is 0.335 e. The summed E-state index contributed by atoms with van der Waals surface area (Å²) in [5.74, 6) is 3.00. The summed E-state index contributed by atoms with van der Waals surface area (Å²) in [6.45, 7) is 1.52. The number of benzene rings is 1. The van der Waals surface area contributed by atoms with Gasteiger partial charge in [0.25, 0.3) is 0 Å². The number of fused-ring (bicyclic) bond motifs is 1. The van der Waals surface area contributed by atoms with E-state index in [0.29, 0.717) is 25.4 Å². The smallest absolute Gasteiger partial charge is 0.335 e. The van der Waals surface area contributed by atoms with E-state index in [0.717, 1.165) is 16.9 Å². The summed E-state index contributed by atoms with van der Waals surface area (Å²) >= 11 is 1.60. The highest BCUT2D eigenvalue weighted by atomic mass is 32.2. The van der Waals surface area contributed by atoms with Crippen LogP contribution in [0.15, 0.2) is 18.2 Å². The molecule has 0 bridgehead atoms. The lowest BCUT2D eigenvalue weighted by Crippen LogP contribution is -2.37. The van der Waals surface area contributed by atoms with Crippen molar-refractivity contribution in [2.45, 2.75) is 13.1 Å². The highest BCUT2D eigenvalue weighted by Crippen LogP contribution is 2.23. The normalized spacial score (nSPS) is 12.6. The van der Waals surface area contributed by atoms with Crippen molar-refractivity contribution in [3.8, 4) is 12.3 Å². The number of carboxylic acid groups (broad SMARTS) is 1. The molecule has 1 aromatic carbocycles. The maximum atomic E-state index is 12.0. The van der Waals surface area contributed by atoms with Crippen LogP contribution in [0.4, 0.5) is 4.79 Å². The number of thioether (sulfide) groups is 1. The van der Waals surface area contributed by atoms with Crippen molar-refractivity contribution >= 4 is 23.8 Å². The average molecular weight is 304 g/mol. The van der Waals surface area contributed by atoms with E-state index in [1.165, 1.54) is 0 Å². The van der Waals surface area contributed by atoms with Crippen LogP contribution >= 0.6 is 11.8 Å². The Bertz CT molecular complexity index is 595. The van der Waals surface area contributed by atoms with Crippen LogP contribution in [0.3, 0.4) is 0 Å². The number of carbonyl (C=O) groups is 2. The van der Waals surface area contributed by atoms with Gasteiger partial charge in [0.1, 0.15) is 0 Å². The molecule has 6 heteroatoms. The first-order chi connectivity index (χ1) is 10.1. The Kier molecular flexibility index (Phi) is 5.12. The van der Waals surface area contributed by atoms with Crippen LogP contribution in [-0.4, -0.2) is 40.1 Å². The quantitative estimate of drug-likeness (QED) is 0.642. The van der Waals surface area contributed by atoms with Gasteiger partial charge in [-0.1, -0.05) is 12.0 Å². The van der Waals surface area contributed by atoms with Crippen molar-refractivity contribution in [3.05, 3.63) is 34.9 Å². The number of nitrogens with one attached hydrogen (secondary N) is 1. The molecule has 1 heterocycles. The fraction of sp³-hybridized carbons (Fsp3) is 0.333. The number of urea groups is 1. The second kappa shape index (κ2) is 7.04. The maximum absolute atomic E-state index is 12.0. The van der Waals surface area contributed by atoms with Crippen LogP contribution < -0.4 is 5.32 Å². The number of amides is 2. The third-order valence-electron chi connectivity index (χ3n) is 3.17. The van der Waals surface area contributed by atoms with E-state index in [9.17, 15) is 9.59 Å². The van der Waals surface area contributed by atoms with E-state index in [2.05, 4.69) is 11.2 Å². The largest absolute Gasteiger partial charge is 0.478 e. The van der Waals surface area contributed by atoms with Gasteiger partial charge in [-0.25, -0.2) is 9.59 Å². The molecule has 21 heavy (non-hydrogen) atoms. The molecule has 2 N–H and O–H groups in total. The Labute approximate surface area is 127 Å². The predicted molar refractivity (Wildman–Crippen MR) is 82.2 cm³/mol. The molecule has 0 fully saturated rings. The predicted octanol–water partition coefficient (Wildman–Crippen LogP) is 1.78. The monoisotopic (exact) mass is 304 g/mol. The Balaban J connectivity index is 1.86. The molecule has 0 saturated heterocycles. The van der Waals surface area contributed by atoms with E-state index >= 15 is 0 Å². The highest BCUT2D eigenvalue weighted by Gasteiger charge is 2.23. The Morgan fingerprint density at radius 3 is 2.86 bits per heavy atom. The van der Waals surface area contributed by atoms with Crippen molar-refractivity contribution in [2.24, 2.45) is 0 Å². The molecule has 5 nitrogen and oxygen atoms in total. The molecule has 110 valence electrons. The molecular formula is C15H16N2O3S. The first-order valence-electron chi connectivity index (χ1n) is 6.51. The lowest BCUT2D eigenvalue weighted by molar-refractivity contribution is 0.0696. The summed E-state index contributed by atoms with van der Waals surface area (Å²) in [5, 5.41) is 11.8. The van der Waals surface area contributed by atoms with Crippen molar-refractivity contribution < 1.29 is 14.7 Å². The molecule has 1 aliphatic heterocycles. The minimum atomic E-state index is -0.953. The van der Waals surface area contributed by atoms with Gasteiger partial charge >= 0.3 is 12.0 Å². The topological polar surface area (TPSA) is 69.6 Å². The summed E-state index contributed by atoms with van der Waals surface area (Å²) in [7, 11) is 0. The van der Waals surface area contributed by atoms with Crippen LogP contribution in [0.1, 0.15) is 21.5 Å². The van der Waals surface area contributed by atoms with Crippen LogP contribution in [0, 0.1) is 12.3 Å². The van der Waals surface area contributed by atoms with Gasteiger partial charge in [-0.3, -0.25) is 0 Å². The molecule has 0 aliphatic carbocycles. The van der Waals surface area contributed by atoms with Crippen LogP contribution in [0.5, 0.6) is 0 Å². The Morgan fingerprint density at radius 1 is 1.38 bits per heavy atom. The van der Waals surface area contributed by atoms with E-state index < -0.39 is 5.97 Å². The van der Waals surface area contributed by atoms with Crippen LogP contribution in [-0.2, 0) is 13.1 Å². The second-order valence-corrected chi connectivity index (χ2v) is 5.74. The molecule has 2 rings (SSSR count). The first-order valence-corrected chi connectivity index (χ1v) is 7.66. The third kappa shape index (κ3) is 3.92. The van der Waals surface area contributed by atoms with Crippen molar-refractivity contribution in [1.82, 2.24) is 10.2 Å². The fourth-order valence-corrected chi connectivity index (χ4v) is 2.65. The van der Waals surface area contributed by atoms with Gasteiger partial charge in [0.2, 0.25) is 0 Å². The molecule has 0 aromatic heterocycles. The lowest BCUT2D eigenvalue weighted by atomic mass is 10.1. The molecular weight excluding hydrogens is 288 g/mol. The van der Waals surface area contributed by atoms with Gasteiger partial charge in [-0.05, 0) is 23.3 Å². The SMILES string of the molecule is C#CCSCCNC(=O)N1Cc2ccc(C(=O)O)cc2C1. The summed E-state index contributed by atoms with van der Waals surface area (Å²) in [6, 6.07) is 4.84. The lowest BCUT2D eigenvalue weighted by Gasteiger charge is -2.16. The Morgan fingerprint density at radius 2 is 2.14 bits per heavy atom. The first kappa shape index (κ1) is 15.3. The number of rotatable bonds is 5. The summed E-state index contributed by atoms with van der Waals surface area (Å²) in [6.07, 6.45) is 5.14. The number of carboxylic acids is 1. The molecule has 1 aliphatic rings. The molecule has 1 aromatic rings. The van der Waals surface area contributed by atoms with E-state index in [1.807, 2.05) is 0 Å². The number of aromatic carboxylic acids is 1. The average Bonchev–Trinajstić information content (AvgIpc) is 2.89. The molecule has 0 atom stereocenters. The van der Waals surface area contributed by atoms with Gasteiger partial charge in [0, 0.05) is 25.4 Å². The summed E-state index contributed by atoms with van der Waals surface area (Å²) in [5.41, 5.74) is 2.14. The van der Waals surface area contributed by atoms with Gasteiger partial charge < -0.3 is 15.3 Å². The zero-order chi connectivity index (χ0) is 15.2. The third-order valence-corrected chi connectivity index (χ3v) is 4.03. The molecule has 0 spiro atoms. The molecule has 2 amide bonds. The molecule has 0 unspecified atom stereocenters. The van der Waals surface area contributed by atoms with Crippen molar-refractivity contribution in [1.29, 1.82) is 0 Å². The minimum Gasteiger partial charge on any atom is -0.478 e. The summed E-state index contributed by atoms with van der Waals surface area (Å²) in [4.78, 5) is 24.6. The van der Waals surface area contributed by atoms with Crippen LogP contribution in [0.25, 0.3) is 0 Å². The Hall–Kier alpha value is -2.13. The van der Waals surface area contributed by atoms with Crippen LogP contribution in [0.2, 0.25) is 0 Å². The standard InChI is InChI=1S/C15H16N2O3S/c1-2-6-21-7-5-16-15(20)17-9-12-4-3-11(14(18)19)8-13(12)10-17/h1,3-4,8H,5-7,9-10H2,(H,16,20)(H,18,19). The highest BCUT2D eigenvalue weighted by molar-refractivity contribution is 7.99. The summed E-state index contributed by atoms with van der Waals surface area (Å²) < 4.78 is 0. The number of hydrogen-bond donors (Lipinski definition) is 2. The van der Waals surface area contributed by atoms with Crippen molar-refractivity contribution in [2.75, 3.05) is 18.1 Å². The van der Waals surface area contributed by atoms with Gasteiger partial charge in [-0.2, -0.15) is 0 Å². The number of carbonyl (C=O) groups excluding carboxylic acids is 1. The van der Waals surface area contributed by atoms with Gasteiger partial charge in [0.05, 0.1) is 11.3 Å². The molecule has 0 radical (unpaired) electrons. The van der Waals surface area contributed by atoms with E-state index in [1.54, 1.807) is 34.9 Å². The zero-order valence-electron chi connectivity index (χ0n) is 11.5. The number of hydrogen-bond acceptors (Lipinski definition) is 3. The zero-order valence-corrected chi connectivity index (χ0v) is 12.3. The van der Waals surface area contributed by atoms with E-state index in [-0.39, 0.29) is 11.6 Å². The van der Waals surface area contributed by atoms with Gasteiger partial charge in [-0.15, -0.1) is 18.2 Å². The van der Waals surface area contributed by atoms with E-state index in [4.69, 9.17) is 11.5 Å².